The van der Waals surface area contributed by atoms with Crippen molar-refractivity contribution < 1.29 is 42.9 Å². The molecular formula is C38H80N6O9. The van der Waals surface area contributed by atoms with Crippen LogP contribution in [0.4, 0.5) is 0 Å². The number of likely N-dealkylation sites (tertiary alicyclic amines) is 1. The van der Waals surface area contributed by atoms with Crippen LogP contribution in [0.5, 0.6) is 0 Å². The van der Waals surface area contributed by atoms with Gasteiger partial charge in [-0.2, -0.15) is 0 Å². The molecule has 6 unspecified atom stereocenters. The summed E-state index contributed by atoms with van der Waals surface area (Å²) in [5.74, 6) is -0.719. The first kappa shape index (κ1) is 54.9. The second kappa shape index (κ2) is 36.6. The van der Waals surface area contributed by atoms with Gasteiger partial charge in [0.25, 0.3) is 0 Å². The Kier molecular flexibility index (Phi) is 37.9. The van der Waals surface area contributed by atoms with Crippen LogP contribution >= 0.6 is 0 Å². The van der Waals surface area contributed by atoms with Crippen LogP contribution in [0.2, 0.25) is 0 Å². The summed E-state index contributed by atoms with van der Waals surface area (Å²) in [4.78, 5) is 51.2. The van der Waals surface area contributed by atoms with Crippen LogP contribution in [-0.4, -0.2) is 151 Å². The summed E-state index contributed by atoms with van der Waals surface area (Å²) in [6, 6.07) is -0.733. The number of rotatable bonds is 25. The van der Waals surface area contributed by atoms with Gasteiger partial charge in [-0.15, -0.1) is 0 Å². The van der Waals surface area contributed by atoms with E-state index in [1.54, 1.807) is 30.8 Å². The topological polar surface area (TPSA) is 197 Å². The molecule has 1 aliphatic heterocycles. The lowest BCUT2D eigenvalue weighted by molar-refractivity contribution is -0.136. The number of carbonyl (C=O) groups excluding carboxylic acids is 4. The van der Waals surface area contributed by atoms with Gasteiger partial charge in [0.1, 0.15) is 6.04 Å². The Morgan fingerprint density at radius 3 is 1.87 bits per heavy atom. The zero-order valence-electron chi connectivity index (χ0n) is 35.4. The molecule has 15 nitrogen and oxygen atoms in total. The molecule has 1 saturated heterocycles. The van der Waals surface area contributed by atoms with Gasteiger partial charge in [-0.05, 0) is 32.1 Å². The van der Waals surface area contributed by atoms with Crippen LogP contribution < -0.4 is 22.1 Å². The number of ether oxygens (including phenoxy) is 5. The van der Waals surface area contributed by atoms with E-state index in [0.717, 1.165) is 32.1 Å². The van der Waals surface area contributed by atoms with Gasteiger partial charge in [0.2, 0.25) is 24.1 Å². The maximum atomic E-state index is 12.6. The normalized spacial score (nSPS) is 16.8. The molecule has 1 fully saturated rings. The van der Waals surface area contributed by atoms with Gasteiger partial charge in [-0.1, -0.05) is 68.2 Å². The van der Waals surface area contributed by atoms with Gasteiger partial charge >= 0.3 is 0 Å². The van der Waals surface area contributed by atoms with E-state index in [4.69, 9.17) is 35.2 Å². The molecule has 0 aromatic rings. The van der Waals surface area contributed by atoms with E-state index < -0.39 is 18.1 Å². The van der Waals surface area contributed by atoms with Crippen molar-refractivity contribution in [3.8, 4) is 0 Å². The summed E-state index contributed by atoms with van der Waals surface area (Å²) < 4.78 is 26.9. The zero-order chi connectivity index (χ0) is 41.2. The van der Waals surface area contributed by atoms with E-state index in [1.807, 2.05) is 20.9 Å². The van der Waals surface area contributed by atoms with Gasteiger partial charge < -0.3 is 55.6 Å². The molecule has 0 aliphatic carbocycles. The molecule has 0 aromatic heterocycles. The molecule has 15 heteroatoms. The first-order chi connectivity index (χ1) is 25.4. The van der Waals surface area contributed by atoms with Crippen LogP contribution in [0, 0.1) is 11.8 Å². The minimum Gasteiger partial charge on any atom is -0.379 e. The molecule has 1 heterocycles. The fourth-order valence-corrected chi connectivity index (χ4v) is 5.67. The van der Waals surface area contributed by atoms with E-state index in [1.165, 1.54) is 13.5 Å². The molecular weight excluding hydrogens is 684 g/mol. The van der Waals surface area contributed by atoms with Gasteiger partial charge in [0.15, 0.2) is 0 Å². The highest BCUT2D eigenvalue weighted by atomic mass is 16.5. The minimum absolute atomic E-state index is 0.0270. The SMILES string of the molecule is CC.CCC.CCC(C)C(C(CC)OC)N(C)C(=O)CN.COC(C(C)C(=O)N[C@@H](C)C(=O)NCCOCCOCCOCCN)C1CCCN1C=O. The average molecular weight is 765 g/mol. The summed E-state index contributed by atoms with van der Waals surface area (Å²) in [6.07, 6.45) is 5.29. The molecule has 4 amide bonds. The fourth-order valence-electron chi connectivity index (χ4n) is 5.67. The van der Waals surface area contributed by atoms with Crippen molar-refractivity contribution in [1.82, 2.24) is 20.4 Å². The number of methoxy groups -OCH3 is 2. The van der Waals surface area contributed by atoms with Crippen LogP contribution in [0.25, 0.3) is 0 Å². The number of nitrogens with one attached hydrogen (secondary N) is 2. The van der Waals surface area contributed by atoms with Crippen molar-refractivity contribution in [2.45, 2.75) is 125 Å². The number of hydrogen-bond donors (Lipinski definition) is 4. The van der Waals surface area contributed by atoms with Crippen molar-refractivity contribution in [3.63, 3.8) is 0 Å². The average Bonchev–Trinajstić information content (AvgIpc) is 3.65. The van der Waals surface area contributed by atoms with Crippen LogP contribution in [0.1, 0.15) is 94.4 Å². The number of carbonyl (C=O) groups is 4. The van der Waals surface area contributed by atoms with E-state index >= 15 is 0 Å². The number of amides is 4. The van der Waals surface area contributed by atoms with Crippen molar-refractivity contribution in [2.24, 2.45) is 23.3 Å². The Bertz CT molecular complexity index is 900. The summed E-state index contributed by atoms with van der Waals surface area (Å²) in [7, 11) is 5.05. The second-order valence-electron chi connectivity index (χ2n) is 12.7. The van der Waals surface area contributed by atoms with E-state index in [-0.39, 0.29) is 42.5 Å². The molecule has 0 spiro atoms. The smallest absolute Gasteiger partial charge is 0.242 e. The standard InChI is InChI=1S/C21H40N4O7.C12H26N2O2.C3H8.C2H6/c1-16(19(29-3)18-5-4-8-25(18)15-26)20(27)24-17(2)21(28)23-7-10-31-12-14-32-13-11-30-9-6-22;1-6-9(3)12(10(7-2)16-5)14(4)11(15)8-13;1-3-2;1-2/h15-19H,4-14,22H2,1-3H3,(H,23,28)(H,24,27);9-10,12H,6-8,13H2,1-5H3;3H2,1-2H3;1-2H3/t16?,17-,18?,19?;;;/m0.../s1. The predicted octanol–water partition coefficient (Wildman–Crippen LogP) is 2.57. The van der Waals surface area contributed by atoms with Gasteiger partial charge in [0.05, 0.1) is 76.4 Å². The quantitative estimate of drug-likeness (QED) is 0.0788. The molecule has 0 saturated carbocycles. The van der Waals surface area contributed by atoms with Crippen LogP contribution in [0.15, 0.2) is 0 Å². The van der Waals surface area contributed by atoms with E-state index in [2.05, 4.69) is 45.3 Å². The molecule has 0 radical (unpaired) electrons. The third-order valence-electron chi connectivity index (χ3n) is 8.67. The first-order valence-corrected chi connectivity index (χ1v) is 19.6. The Labute approximate surface area is 322 Å². The molecule has 0 aromatic carbocycles. The monoisotopic (exact) mass is 765 g/mol. The predicted molar refractivity (Wildman–Crippen MR) is 211 cm³/mol. The van der Waals surface area contributed by atoms with Crippen molar-refractivity contribution in [2.75, 3.05) is 87.1 Å². The van der Waals surface area contributed by atoms with Crippen molar-refractivity contribution in [3.05, 3.63) is 0 Å². The van der Waals surface area contributed by atoms with Crippen molar-refractivity contribution >= 4 is 24.1 Å². The molecule has 1 aliphatic rings. The summed E-state index contributed by atoms with van der Waals surface area (Å²) >= 11 is 0. The maximum absolute atomic E-state index is 12.6. The zero-order valence-corrected chi connectivity index (χ0v) is 35.4. The highest BCUT2D eigenvalue weighted by Gasteiger charge is 2.37. The highest BCUT2D eigenvalue weighted by Crippen LogP contribution is 2.25. The lowest BCUT2D eigenvalue weighted by Gasteiger charge is -2.37. The molecule has 0 bridgehead atoms. The summed E-state index contributed by atoms with van der Waals surface area (Å²) in [6.45, 7) is 22.2. The summed E-state index contributed by atoms with van der Waals surface area (Å²) in [5.41, 5.74) is 10.7. The number of likely N-dealkylation sites (N-methyl/N-ethyl adjacent to an activating group) is 1. The third-order valence-corrected chi connectivity index (χ3v) is 8.67. The third kappa shape index (κ3) is 23.9. The summed E-state index contributed by atoms with van der Waals surface area (Å²) in [5, 5.41) is 5.45. The molecule has 6 N–H and O–H groups in total. The van der Waals surface area contributed by atoms with Crippen molar-refractivity contribution in [1.29, 1.82) is 0 Å². The van der Waals surface area contributed by atoms with Crippen LogP contribution in [0.3, 0.4) is 0 Å². The van der Waals surface area contributed by atoms with Gasteiger partial charge in [-0.3, -0.25) is 19.2 Å². The fraction of sp³-hybridized carbons (Fsp3) is 0.895. The maximum Gasteiger partial charge on any atom is 0.242 e. The number of nitrogens with two attached hydrogens (primary N) is 2. The Hall–Kier alpha value is -2.40. The molecule has 1 rings (SSSR count). The van der Waals surface area contributed by atoms with Gasteiger partial charge in [0, 0.05) is 40.9 Å². The van der Waals surface area contributed by atoms with Gasteiger partial charge in [-0.25, -0.2) is 0 Å². The Balaban J connectivity index is -0.000000994. The lowest BCUT2D eigenvalue weighted by atomic mass is 9.91. The van der Waals surface area contributed by atoms with Crippen LogP contribution in [-0.2, 0) is 42.9 Å². The lowest BCUT2D eigenvalue weighted by Crippen LogP contribution is -2.51. The molecule has 316 valence electrons. The minimum atomic E-state index is -0.704. The largest absolute Gasteiger partial charge is 0.379 e. The molecule has 53 heavy (non-hydrogen) atoms. The van der Waals surface area contributed by atoms with E-state index in [9.17, 15) is 19.2 Å². The first-order valence-electron chi connectivity index (χ1n) is 19.6. The highest BCUT2D eigenvalue weighted by molar-refractivity contribution is 5.88. The Morgan fingerprint density at radius 2 is 1.42 bits per heavy atom. The number of nitrogens with zero attached hydrogens (tertiary/aromatic N) is 2. The molecule has 7 atom stereocenters. The Morgan fingerprint density at radius 1 is 0.868 bits per heavy atom. The van der Waals surface area contributed by atoms with E-state index in [0.29, 0.717) is 65.2 Å². The number of hydrogen-bond acceptors (Lipinski definition) is 11. The second-order valence-corrected chi connectivity index (χ2v) is 12.7.